The smallest absolute Gasteiger partial charge is 0.325 e. The summed E-state index contributed by atoms with van der Waals surface area (Å²) < 4.78 is 6.78. The molecule has 0 bridgehead atoms. The molecule has 1 N–H and O–H groups in total. The van der Waals surface area contributed by atoms with Gasteiger partial charge in [0, 0.05) is 6.54 Å². The predicted molar refractivity (Wildman–Crippen MR) is 92.2 cm³/mol. The number of amides is 3. The van der Waals surface area contributed by atoms with Crippen LogP contribution in [0.15, 0.2) is 24.3 Å². The van der Waals surface area contributed by atoms with E-state index in [9.17, 15) is 9.59 Å². The average Bonchev–Trinajstić information content (AvgIpc) is 3.20. The van der Waals surface area contributed by atoms with Crippen LogP contribution in [0.1, 0.15) is 38.1 Å². The summed E-state index contributed by atoms with van der Waals surface area (Å²) in [5.74, 6) is 0.866. The van der Waals surface area contributed by atoms with Crippen LogP contribution in [0.2, 0.25) is 0 Å². The third-order valence-corrected chi connectivity index (χ3v) is 4.63. The van der Waals surface area contributed by atoms with Crippen molar-refractivity contribution in [1.82, 2.24) is 30.4 Å². The molecule has 1 atom stereocenters. The number of nitrogens with zero attached hydrogens (tertiary/aromatic N) is 5. The Morgan fingerprint density at radius 1 is 1.19 bits per heavy atom. The van der Waals surface area contributed by atoms with Gasteiger partial charge < -0.3 is 10.1 Å². The number of aryl methyl sites for hydroxylation is 1. The summed E-state index contributed by atoms with van der Waals surface area (Å²) >= 11 is 0. The number of carbonyl (C=O) groups excluding carboxylic acids is 2. The molecule has 0 aliphatic carbocycles. The number of urea groups is 1. The molecule has 9 nitrogen and oxygen atoms in total. The van der Waals surface area contributed by atoms with Crippen molar-refractivity contribution in [3.05, 3.63) is 35.7 Å². The normalized spacial score (nSPS) is 19.7. The van der Waals surface area contributed by atoms with Gasteiger partial charge in [-0.3, -0.25) is 9.69 Å². The number of ether oxygens (including phenoxy) is 1. The fourth-order valence-corrected chi connectivity index (χ4v) is 3.15. The summed E-state index contributed by atoms with van der Waals surface area (Å²) in [5.41, 5.74) is -0.373. The first-order valence-electron chi connectivity index (χ1n) is 8.59. The van der Waals surface area contributed by atoms with Gasteiger partial charge in [-0.15, -0.1) is 5.10 Å². The van der Waals surface area contributed by atoms with Crippen molar-refractivity contribution in [3.8, 4) is 5.75 Å². The van der Waals surface area contributed by atoms with E-state index in [1.807, 2.05) is 13.8 Å². The molecule has 1 fully saturated rings. The average molecular weight is 358 g/mol. The van der Waals surface area contributed by atoms with E-state index in [4.69, 9.17) is 4.74 Å². The lowest BCUT2D eigenvalue weighted by Crippen LogP contribution is -2.43. The van der Waals surface area contributed by atoms with E-state index >= 15 is 0 Å². The highest BCUT2D eigenvalue weighted by Gasteiger charge is 2.51. The standard InChI is InChI=1S/C17H22N6O3/c1-4-10-23-14(19-20-21-23)11-22-15(24)17(5-2,18-16(22)25)12-6-8-13(26-3)9-7-12/h6-9H,4-5,10-11H2,1-3H3,(H,18,25)/t17-/m0/s1. The molecule has 1 aliphatic rings. The van der Waals surface area contributed by atoms with Crippen LogP contribution in [-0.2, 0) is 23.4 Å². The van der Waals surface area contributed by atoms with Gasteiger partial charge in [0.05, 0.1) is 13.7 Å². The molecule has 138 valence electrons. The lowest BCUT2D eigenvalue weighted by Gasteiger charge is -2.26. The number of methoxy groups -OCH3 is 1. The van der Waals surface area contributed by atoms with E-state index in [-0.39, 0.29) is 12.5 Å². The molecule has 26 heavy (non-hydrogen) atoms. The molecule has 2 heterocycles. The van der Waals surface area contributed by atoms with Gasteiger partial charge in [0.2, 0.25) is 0 Å². The number of nitrogens with one attached hydrogen (secondary N) is 1. The highest BCUT2D eigenvalue weighted by molar-refractivity contribution is 6.07. The molecule has 1 aromatic heterocycles. The first-order valence-corrected chi connectivity index (χ1v) is 8.59. The van der Waals surface area contributed by atoms with Gasteiger partial charge in [-0.1, -0.05) is 26.0 Å². The van der Waals surface area contributed by atoms with Crippen molar-refractivity contribution in [2.24, 2.45) is 0 Å². The zero-order valence-electron chi connectivity index (χ0n) is 15.1. The number of aromatic nitrogens is 4. The molecule has 1 aromatic carbocycles. The van der Waals surface area contributed by atoms with E-state index in [1.165, 1.54) is 4.90 Å². The van der Waals surface area contributed by atoms with Crippen molar-refractivity contribution in [3.63, 3.8) is 0 Å². The molecule has 1 saturated heterocycles. The lowest BCUT2D eigenvalue weighted by molar-refractivity contribution is -0.132. The maximum Gasteiger partial charge on any atom is 0.325 e. The van der Waals surface area contributed by atoms with Gasteiger partial charge in [-0.25, -0.2) is 9.48 Å². The summed E-state index contributed by atoms with van der Waals surface area (Å²) in [6.07, 6.45) is 1.28. The molecular formula is C17H22N6O3. The molecule has 3 amide bonds. The zero-order chi connectivity index (χ0) is 18.7. The van der Waals surface area contributed by atoms with Gasteiger partial charge in [0.1, 0.15) is 11.3 Å². The van der Waals surface area contributed by atoms with Crippen molar-refractivity contribution in [1.29, 1.82) is 0 Å². The largest absolute Gasteiger partial charge is 0.497 e. The topological polar surface area (TPSA) is 102 Å². The molecule has 1 aliphatic heterocycles. The predicted octanol–water partition coefficient (Wildman–Crippen LogP) is 1.45. The van der Waals surface area contributed by atoms with Crippen molar-refractivity contribution >= 4 is 11.9 Å². The SMILES string of the molecule is CCCn1nnnc1CN1C(=O)N[C@@](CC)(c2ccc(OC)cc2)C1=O. The van der Waals surface area contributed by atoms with Crippen molar-refractivity contribution in [2.45, 2.75) is 45.3 Å². The van der Waals surface area contributed by atoms with Crippen LogP contribution in [0.5, 0.6) is 5.75 Å². The second-order valence-corrected chi connectivity index (χ2v) is 6.13. The number of carbonyl (C=O) groups is 2. The van der Waals surface area contributed by atoms with Crippen LogP contribution in [0.4, 0.5) is 4.79 Å². The minimum Gasteiger partial charge on any atom is -0.497 e. The fourth-order valence-electron chi connectivity index (χ4n) is 3.15. The Bertz CT molecular complexity index is 803. The van der Waals surface area contributed by atoms with Crippen molar-refractivity contribution < 1.29 is 14.3 Å². The minimum absolute atomic E-state index is 0.0373. The molecule has 9 heteroatoms. The van der Waals surface area contributed by atoms with Crippen LogP contribution >= 0.6 is 0 Å². The number of hydrogen-bond acceptors (Lipinski definition) is 6. The van der Waals surface area contributed by atoms with E-state index in [2.05, 4.69) is 20.8 Å². The van der Waals surface area contributed by atoms with Gasteiger partial charge in [-0.2, -0.15) is 0 Å². The number of imide groups is 1. The van der Waals surface area contributed by atoms with E-state index < -0.39 is 11.6 Å². The summed E-state index contributed by atoms with van der Waals surface area (Å²) in [7, 11) is 1.58. The Labute approximate surface area is 151 Å². The second kappa shape index (κ2) is 7.11. The molecule has 3 rings (SSSR count). The lowest BCUT2D eigenvalue weighted by atomic mass is 9.87. The van der Waals surface area contributed by atoms with E-state index in [1.54, 1.807) is 36.1 Å². The van der Waals surface area contributed by atoms with Crippen LogP contribution < -0.4 is 10.1 Å². The van der Waals surface area contributed by atoms with Crippen LogP contribution in [0.25, 0.3) is 0 Å². The highest BCUT2D eigenvalue weighted by Crippen LogP contribution is 2.33. The number of rotatable bonds is 7. The number of tetrazole rings is 1. The molecular weight excluding hydrogens is 336 g/mol. The molecule has 0 saturated carbocycles. The molecule has 0 unspecified atom stereocenters. The van der Waals surface area contributed by atoms with Gasteiger partial charge in [-0.05, 0) is 41.0 Å². The third-order valence-electron chi connectivity index (χ3n) is 4.63. The summed E-state index contributed by atoms with van der Waals surface area (Å²) in [4.78, 5) is 26.9. The van der Waals surface area contributed by atoms with Gasteiger partial charge in [0.15, 0.2) is 5.82 Å². The van der Waals surface area contributed by atoms with Gasteiger partial charge in [0.25, 0.3) is 5.91 Å². The maximum atomic E-state index is 13.2. The quantitative estimate of drug-likeness (QED) is 0.752. The molecule has 2 aromatic rings. The van der Waals surface area contributed by atoms with Crippen LogP contribution in [0, 0.1) is 0 Å². The summed E-state index contributed by atoms with van der Waals surface area (Å²) in [6.45, 7) is 4.54. The zero-order valence-corrected chi connectivity index (χ0v) is 15.1. The first kappa shape index (κ1) is 17.8. The van der Waals surface area contributed by atoms with Gasteiger partial charge >= 0.3 is 6.03 Å². The Morgan fingerprint density at radius 2 is 1.92 bits per heavy atom. The minimum atomic E-state index is -1.09. The Kier molecular flexibility index (Phi) is 4.88. The number of benzene rings is 1. The second-order valence-electron chi connectivity index (χ2n) is 6.13. The summed E-state index contributed by atoms with van der Waals surface area (Å²) in [6, 6.07) is 6.70. The first-order chi connectivity index (χ1) is 12.6. The monoisotopic (exact) mass is 358 g/mol. The number of hydrogen-bond donors (Lipinski definition) is 1. The van der Waals surface area contributed by atoms with Crippen LogP contribution in [0.3, 0.4) is 0 Å². The Balaban J connectivity index is 1.89. The highest BCUT2D eigenvalue weighted by atomic mass is 16.5. The molecule has 0 spiro atoms. The summed E-state index contributed by atoms with van der Waals surface area (Å²) in [5, 5.41) is 14.4. The Morgan fingerprint density at radius 3 is 2.54 bits per heavy atom. The van der Waals surface area contributed by atoms with E-state index in [0.717, 1.165) is 12.0 Å². The third kappa shape index (κ3) is 2.89. The Hall–Kier alpha value is -2.97. The van der Waals surface area contributed by atoms with Crippen LogP contribution in [-0.4, -0.2) is 44.2 Å². The van der Waals surface area contributed by atoms with Crippen molar-refractivity contribution in [2.75, 3.05) is 7.11 Å². The maximum absolute atomic E-state index is 13.2. The van der Waals surface area contributed by atoms with E-state index in [0.29, 0.717) is 24.5 Å². The fraction of sp³-hybridized carbons (Fsp3) is 0.471. The molecule has 0 radical (unpaired) electrons.